The molecule has 0 saturated heterocycles. The van der Waals surface area contributed by atoms with Gasteiger partial charge in [-0.2, -0.15) is 0 Å². The van der Waals surface area contributed by atoms with E-state index in [-0.39, 0.29) is 11.9 Å². The van der Waals surface area contributed by atoms with E-state index < -0.39 is 18.6 Å². The molecule has 0 spiro atoms. The predicted molar refractivity (Wildman–Crippen MR) is 161 cm³/mol. The van der Waals surface area contributed by atoms with Crippen molar-refractivity contribution in [2.45, 2.75) is 84.1 Å². The molecule has 5 rings (SSSR count). The summed E-state index contributed by atoms with van der Waals surface area (Å²) in [6.07, 6.45) is 1.30. The van der Waals surface area contributed by atoms with Crippen molar-refractivity contribution in [1.82, 2.24) is 0 Å². The Morgan fingerprint density at radius 1 is 0.976 bits per heavy atom. The summed E-state index contributed by atoms with van der Waals surface area (Å²) in [6, 6.07) is 9.68. The maximum atomic E-state index is 13.8. The Labute approximate surface area is 243 Å². The minimum Gasteiger partial charge on any atom is -0.510 e. The largest absolute Gasteiger partial charge is 0.510 e. The lowest BCUT2D eigenvalue weighted by atomic mass is 9.83. The van der Waals surface area contributed by atoms with Gasteiger partial charge in [0.05, 0.1) is 43.4 Å². The first-order valence-corrected chi connectivity index (χ1v) is 15.9. The molecule has 0 unspecified atom stereocenters. The molecule has 3 aromatic rings. The topological polar surface area (TPSA) is 80.3 Å². The molecule has 0 radical (unpaired) electrons. The van der Waals surface area contributed by atoms with E-state index in [4.69, 9.17) is 23.1 Å². The third-order valence-corrected chi connectivity index (χ3v) is 13.3. The number of ether oxygens (including phenoxy) is 3. The van der Waals surface area contributed by atoms with Gasteiger partial charge in [0.25, 0.3) is 0 Å². The Bertz CT molecular complexity index is 1510. The van der Waals surface area contributed by atoms with Gasteiger partial charge in [0.1, 0.15) is 23.0 Å². The summed E-state index contributed by atoms with van der Waals surface area (Å²) >= 11 is 0. The Hall–Kier alpha value is -3.36. The van der Waals surface area contributed by atoms with Gasteiger partial charge in [0.15, 0.2) is 12.1 Å². The van der Waals surface area contributed by atoms with Gasteiger partial charge in [-0.1, -0.05) is 53.7 Å². The van der Waals surface area contributed by atoms with Gasteiger partial charge in [-0.05, 0) is 42.7 Å². The third kappa shape index (κ3) is 4.52. The molecule has 0 aromatic heterocycles. The molecule has 1 heterocycles. The van der Waals surface area contributed by atoms with Gasteiger partial charge in [0, 0.05) is 27.4 Å². The highest BCUT2D eigenvalue weighted by molar-refractivity contribution is 6.75. The Balaban J connectivity index is 1.78. The molecule has 0 amide bonds. The van der Waals surface area contributed by atoms with Crippen LogP contribution in [0.1, 0.15) is 97.9 Å². The van der Waals surface area contributed by atoms with E-state index in [2.05, 4.69) is 41.5 Å². The van der Waals surface area contributed by atoms with Crippen molar-refractivity contribution >= 4 is 31.4 Å². The summed E-state index contributed by atoms with van der Waals surface area (Å²) < 4.78 is 31.9. The van der Waals surface area contributed by atoms with Crippen LogP contribution in [-0.2, 0) is 11.3 Å². The van der Waals surface area contributed by atoms with Gasteiger partial charge < -0.3 is 23.1 Å². The number of fused-ring (bicyclic) bond motifs is 2. The second-order valence-electron chi connectivity index (χ2n) is 13.1. The second-order valence-corrected chi connectivity index (χ2v) is 17.7. The summed E-state index contributed by atoms with van der Waals surface area (Å²) in [6.45, 7) is 14.9. The molecule has 7 nitrogen and oxygen atoms in total. The van der Waals surface area contributed by atoms with Crippen molar-refractivity contribution in [3.8, 4) is 23.0 Å². The number of methoxy groups -OCH3 is 2. The van der Waals surface area contributed by atoms with Gasteiger partial charge >= 0.3 is 8.56 Å². The minimum atomic E-state index is -3.21. The van der Waals surface area contributed by atoms with Gasteiger partial charge in [-0.3, -0.25) is 9.59 Å². The lowest BCUT2D eigenvalue weighted by molar-refractivity contribution is 0.0262. The molecule has 1 atom stereocenters. The van der Waals surface area contributed by atoms with Crippen LogP contribution in [0.25, 0.3) is 10.8 Å². The summed E-state index contributed by atoms with van der Waals surface area (Å²) in [7, 11) is 0.0373. The van der Waals surface area contributed by atoms with Crippen LogP contribution in [0.15, 0.2) is 30.3 Å². The molecule has 2 aliphatic rings. The van der Waals surface area contributed by atoms with Crippen LogP contribution in [0, 0.1) is 6.92 Å². The van der Waals surface area contributed by atoms with Crippen LogP contribution in [0.3, 0.4) is 0 Å². The molecule has 0 saturated carbocycles. The van der Waals surface area contributed by atoms with Gasteiger partial charge in [-0.25, -0.2) is 0 Å². The summed E-state index contributed by atoms with van der Waals surface area (Å²) in [5.74, 6) is 2.30. The van der Waals surface area contributed by atoms with Crippen molar-refractivity contribution in [2.24, 2.45) is 0 Å². The average Bonchev–Trinajstić information content (AvgIpc) is 2.91. The average molecular weight is 577 g/mol. The molecule has 0 fully saturated rings. The molecule has 0 bridgehead atoms. The van der Waals surface area contributed by atoms with Crippen LogP contribution in [-0.4, -0.2) is 34.8 Å². The van der Waals surface area contributed by atoms with Crippen LogP contribution in [0.5, 0.6) is 23.0 Å². The van der Waals surface area contributed by atoms with Crippen LogP contribution in [0.4, 0.5) is 0 Å². The standard InChI is InChI=1S/C33H40O7Si/c1-19-16-22-26-30(23(19)17-34)39-41(32(2,3)4,33(5,6)7)40-31(26)27-24(35)14-15-25(28(27)29(22)37-9)38-18-20-10-12-21(36-8)13-11-20/h10-13,16-17,25H,14-15,18H2,1-9H3/t25-/m0/s1. The second kappa shape index (κ2) is 10.2. The van der Waals surface area contributed by atoms with Crippen LogP contribution in [0.2, 0.25) is 10.1 Å². The summed E-state index contributed by atoms with van der Waals surface area (Å²) in [4.78, 5) is 26.3. The zero-order valence-corrected chi connectivity index (χ0v) is 26.5. The van der Waals surface area contributed by atoms with Gasteiger partial charge in [-0.15, -0.1) is 0 Å². The Kier molecular flexibility index (Phi) is 7.23. The van der Waals surface area contributed by atoms with E-state index in [1.54, 1.807) is 14.2 Å². The molecular weight excluding hydrogens is 536 g/mol. The van der Waals surface area contributed by atoms with Crippen molar-refractivity contribution < 1.29 is 32.7 Å². The quantitative estimate of drug-likeness (QED) is 0.217. The molecular formula is C33H40O7Si. The van der Waals surface area contributed by atoms with Crippen LogP contribution >= 0.6 is 0 Å². The first-order chi connectivity index (χ1) is 19.3. The summed E-state index contributed by atoms with van der Waals surface area (Å²) in [5.41, 5.74) is 3.44. The fourth-order valence-corrected chi connectivity index (χ4v) is 11.0. The molecule has 41 heavy (non-hydrogen) atoms. The molecule has 3 aromatic carbocycles. The third-order valence-electron chi connectivity index (χ3n) is 8.37. The monoisotopic (exact) mass is 576 g/mol. The number of aryl methyl sites for hydroxylation is 1. The fraction of sp³-hybridized carbons (Fsp3) is 0.455. The SMILES string of the molecule is COc1ccc(CO[C@H]2CCC(=O)c3c2c(OC)c2cc(C)c(C=O)c4c2c3O[Si](C(C)(C)C)(C(C)(C)C)O4)cc1. The maximum absolute atomic E-state index is 13.8. The lowest BCUT2D eigenvalue weighted by Crippen LogP contribution is -2.63. The smallest absolute Gasteiger partial charge is 0.471 e. The Morgan fingerprint density at radius 3 is 2.17 bits per heavy atom. The van der Waals surface area contributed by atoms with E-state index in [0.717, 1.165) is 28.5 Å². The number of carbonyl (C=O) groups is 2. The molecule has 8 heteroatoms. The van der Waals surface area contributed by atoms with Crippen molar-refractivity contribution in [1.29, 1.82) is 0 Å². The van der Waals surface area contributed by atoms with Crippen molar-refractivity contribution in [3.05, 3.63) is 58.1 Å². The molecule has 1 aliphatic heterocycles. The van der Waals surface area contributed by atoms with Crippen molar-refractivity contribution in [2.75, 3.05) is 14.2 Å². The zero-order chi connectivity index (χ0) is 29.9. The van der Waals surface area contributed by atoms with E-state index >= 15 is 0 Å². The fourth-order valence-electron chi connectivity index (χ4n) is 6.53. The molecule has 218 valence electrons. The number of hydrogen-bond acceptors (Lipinski definition) is 7. The van der Waals surface area contributed by atoms with Crippen LogP contribution < -0.4 is 18.3 Å². The number of carbonyl (C=O) groups excluding carboxylic acids is 2. The number of ketones is 1. The first-order valence-electron chi connectivity index (χ1n) is 14.1. The summed E-state index contributed by atoms with van der Waals surface area (Å²) in [5, 5.41) is 0.577. The highest BCUT2D eigenvalue weighted by atomic mass is 28.4. The molecule has 1 aliphatic carbocycles. The zero-order valence-electron chi connectivity index (χ0n) is 25.5. The van der Waals surface area contributed by atoms with Crippen molar-refractivity contribution in [3.63, 3.8) is 0 Å². The van der Waals surface area contributed by atoms with E-state index in [1.165, 1.54) is 0 Å². The van der Waals surface area contributed by atoms with Gasteiger partial charge in [0.2, 0.25) is 0 Å². The number of benzene rings is 3. The van der Waals surface area contributed by atoms with E-state index in [1.807, 2.05) is 37.3 Å². The van der Waals surface area contributed by atoms with E-state index in [0.29, 0.717) is 58.8 Å². The highest BCUT2D eigenvalue weighted by Gasteiger charge is 2.64. The number of rotatable bonds is 6. The predicted octanol–water partition coefficient (Wildman–Crippen LogP) is 8.03. The highest BCUT2D eigenvalue weighted by Crippen LogP contribution is 2.61. The van der Waals surface area contributed by atoms with E-state index in [9.17, 15) is 9.59 Å². The Morgan fingerprint density at radius 2 is 1.61 bits per heavy atom. The number of hydrogen-bond donors (Lipinski definition) is 0. The lowest BCUT2D eigenvalue weighted by Gasteiger charge is -2.51. The number of aldehydes is 1. The number of Topliss-reactive ketones (excluding diaryl/α,β-unsaturated/α-hetero) is 1. The first kappa shape index (κ1) is 29.1. The normalized spacial score (nSPS) is 17.9. The molecule has 0 N–H and O–H groups in total. The maximum Gasteiger partial charge on any atom is 0.471 e. The minimum absolute atomic E-state index is 0.0220.